The van der Waals surface area contributed by atoms with Gasteiger partial charge in [-0.1, -0.05) is 43.7 Å². The van der Waals surface area contributed by atoms with E-state index in [0.717, 1.165) is 24.8 Å². The number of carbonyl (C=O) groups is 3. The maximum absolute atomic E-state index is 12.3. The van der Waals surface area contributed by atoms with E-state index in [4.69, 9.17) is 0 Å². The van der Waals surface area contributed by atoms with Crippen LogP contribution in [0.4, 0.5) is 0 Å². The fourth-order valence-corrected chi connectivity index (χ4v) is 4.42. The minimum Gasteiger partial charge on any atom is -0.347 e. The topological polar surface area (TPSA) is 87.3 Å². The number of nitrogens with one attached hydrogen (secondary N) is 3. The Morgan fingerprint density at radius 2 is 1.89 bits per heavy atom. The lowest BCUT2D eigenvalue weighted by molar-refractivity contribution is -0.126. The predicted octanol–water partition coefficient (Wildman–Crippen LogP) is 2.38. The number of fused-ring (bicyclic) bond motifs is 1. The van der Waals surface area contributed by atoms with E-state index in [2.05, 4.69) is 23.1 Å². The van der Waals surface area contributed by atoms with Crippen molar-refractivity contribution in [3.8, 4) is 0 Å². The van der Waals surface area contributed by atoms with Crippen LogP contribution in [-0.4, -0.2) is 24.3 Å². The van der Waals surface area contributed by atoms with Gasteiger partial charge in [0.05, 0.1) is 17.8 Å². The van der Waals surface area contributed by atoms with Crippen LogP contribution in [0, 0.1) is 5.92 Å². The van der Waals surface area contributed by atoms with Crippen LogP contribution in [0.1, 0.15) is 45.4 Å². The van der Waals surface area contributed by atoms with Crippen molar-refractivity contribution in [2.75, 3.05) is 6.54 Å². The Morgan fingerprint density at radius 1 is 1.11 bits per heavy atom. The largest absolute Gasteiger partial charge is 0.347 e. The lowest BCUT2D eigenvalue weighted by Crippen LogP contribution is -2.46. The van der Waals surface area contributed by atoms with E-state index in [1.54, 1.807) is 0 Å². The van der Waals surface area contributed by atoms with Crippen molar-refractivity contribution in [1.82, 2.24) is 16.2 Å². The van der Waals surface area contributed by atoms with E-state index < -0.39 is 5.91 Å². The highest BCUT2D eigenvalue weighted by Gasteiger charge is 2.22. The Bertz CT molecular complexity index is 848. The standard InChI is InChI=1S/C21H25N3O3S/c1-2-14-8-9-17-16(10-14)12-18(28-17)21(27)24-23-20(26)13-22-19(25)11-15-6-4-3-5-7-15/h3-7,12,14H,2,8-11,13H2,1H3,(H,22,25)(H,23,26)(H,24,27)/t14-/m0/s1. The number of thiophene rings is 1. The molecule has 2 aromatic rings. The van der Waals surface area contributed by atoms with Crippen molar-refractivity contribution in [3.63, 3.8) is 0 Å². The number of hydrazine groups is 1. The Kier molecular flexibility index (Phi) is 6.81. The molecule has 0 bridgehead atoms. The SMILES string of the molecule is CC[C@H]1CCc2sc(C(=O)NNC(=O)CNC(=O)Cc3ccccc3)cc2C1. The summed E-state index contributed by atoms with van der Waals surface area (Å²) in [6, 6.07) is 11.2. The highest BCUT2D eigenvalue weighted by molar-refractivity contribution is 7.14. The van der Waals surface area contributed by atoms with Gasteiger partial charge >= 0.3 is 0 Å². The van der Waals surface area contributed by atoms with Crippen LogP contribution in [0.2, 0.25) is 0 Å². The van der Waals surface area contributed by atoms with E-state index in [9.17, 15) is 14.4 Å². The van der Waals surface area contributed by atoms with Crippen LogP contribution < -0.4 is 16.2 Å². The number of amides is 3. The maximum Gasteiger partial charge on any atom is 0.279 e. The second kappa shape index (κ2) is 9.50. The quantitative estimate of drug-likeness (QED) is 0.652. The molecule has 1 aromatic carbocycles. The molecule has 1 heterocycles. The Labute approximate surface area is 168 Å². The Balaban J connectivity index is 1.41. The summed E-state index contributed by atoms with van der Waals surface area (Å²) in [6.45, 7) is 2.01. The second-order valence-electron chi connectivity index (χ2n) is 7.02. The summed E-state index contributed by atoms with van der Waals surface area (Å²) >= 11 is 1.49. The molecule has 1 aromatic heterocycles. The van der Waals surface area contributed by atoms with Gasteiger partial charge in [-0.2, -0.15) is 0 Å². The highest BCUT2D eigenvalue weighted by atomic mass is 32.1. The van der Waals surface area contributed by atoms with Gasteiger partial charge in [0.1, 0.15) is 0 Å². The normalized spacial score (nSPS) is 15.4. The van der Waals surface area contributed by atoms with Crippen molar-refractivity contribution in [2.24, 2.45) is 5.92 Å². The minimum atomic E-state index is -0.470. The molecule has 1 aliphatic carbocycles. The first-order chi connectivity index (χ1) is 13.5. The van der Waals surface area contributed by atoms with Crippen LogP contribution in [0.3, 0.4) is 0 Å². The molecule has 0 aliphatic heterocycles. The molecule has 3 rings (SSSR count). The van der Waals surface area contributed by atoms with Crippen molar-refractivity contribution in [1.29, 1.82) is 0 Å². The van der Waals surface area contributed by atoms with Gasteiger partial charge in [0.25, 0.3) is 11.8 Å². The lowest BCUT2D eigenvalue weighted by atomic mass is 9.87. The molecule has 0 saturated carbocycles. The first-order valence-electron chi connectivity index (χ1n) is 9.56. The van der Waals surface area contributed by atoms with E-state index in [1.165, 1.54) is 28.2 Å². The summed E-state index contributed by atoms with van der Waals surface area (Å²) in [6.07, 6.45) is 4.58. The molecule has 28 heavy (non-hydrogen) atoms. The lowest BCUT2D eigenvalue weighted by Gasteiger charge is -2.19. The van der Waals surface area contributed by atoms with Gasteiger partial charge in [-0.25, -0.2) is 0 Å². The second-order valence-corrected chi connectivity index (χ2v) is 8.15. The van der Waals surface area contributed by atoms with Gasteiger partial charge in [0, 0.05) is 4.88 Å². The first kappa shape index (κ1) is 20.1. The van der Waals surface area contributed by atoms with Gasteiger partial charge in [-0.3, -0.25) is 25.2 Å². The van der Waals surface area contributed by atoms with Crippen LogP contribution >= 0.6 is 11.3 Å². The maximum atomic E-state index is 12.3. The smallest absolute Gasteiger partial charge is 0.279 e. The van der Waals surface area contributed by atoms with Crippen LogP contribution in [0.25, 0.3) is 0 Å². The average Bonchev–Trinajstić information content (AvgIpc) is 3.14. The molecule has 1 aliphatic rings. The fourth-order valence-electron chi connectivity index (χ4n) is 3.31. The molecule has 148 valence electrons. The fraction of sp³-hybridized carbons (Fsp3) is 0.381. The summed E-state index contributed by atoms with van der Waals surface area (Å²) in [7, 11) is 0. The van der Waals surface area contributed by atoms with E-state index in [0.29, 0.717) is 10.8 Å². The number of hydrogen-bond donors (Lipinski definition) is 3. The number of carbonyl (C=O) groups excluding carboxylic acids is 3. The van der Waals surface area contributed by atoms with Gasteiger partial charge in [0.15, 0.2) is 0 Å². The van der Waals surface area contributed by atoms with Crippen molar-refractivity contribution in [3.05, 3.63) is 57.3 Å². The molecule has 7 heteroatoms. The van der Waals surface area contributed by atoms with Crippen molar-refractivity contribution >= 4 is 29.1 Å². The molecule has 1 atom stereocenters. The zero-order valence-corrected chi connectivity index (χ0v) is 16.7. The third-order valence-corrected chi connectivity index (χ3v) is 6.19. The van der Waals surface area contributed by atoms with Crippen LogP contribution in [0.15, 0.2) is 36.4 Å². The molecule has 0 spiro atoms. The summed E-state index contributed by atoms with van der Waals surface area (Å²) in [5.74, 6) is -0.347. The molecule has 0 fully saturated rings. The third kappa shape index (κ3) is 5.42. The van der Waals surface area contributed by atoms with Gasteiger partial charge in [0.2, 0.25) is 5.91 Å². The summed E-state index contributed by atoms with van der Waals surface area (Å²) < 4.78 is 0. The third-order valence-electron chi connectivity index (χ3n) is 4.96. The van der Waals surface area contributed by atoms with Gasteiger partial charge < -0.3 is 5.32 Å². The molecular formula is C21H25N3O3S. The van der Waals surface area contributed by atoms with Crippen molar-refractivity contribution in [2.45, 2.75) is 39.0 Å². The molecule has 0 saturated heterocycles. The van der Waals surface area contributed by atoms with Crippen LogP contribution in [0.5, 0.6) is 0 Å². The first-order valence-corrected chi connectivity index (χ1v) is 10.4. The number of aryl methyl sites for hydroxylation is 1. The monoisotopic (exact) mass is 399 g/mol. The molecule has 3 N–H and O–H groups in total. The average molecular weight is 400 g/mol. The van der Waals surface area contributed by atoms with E-state index >= 15 is 0 Å². The summed E-state index contributed by atoms with van der Waals surface area (Å²) in [5, 5.41) is 2.55. The van der Waals surface area contributed by atoms with Gasteiger partial charge in [-0.05, 0) is 42.4 Å². The van der Waals surface area contributed by atoms with E-state index in [-0.39, 0.29) is 24.8 Å². The number of benzene rings is 1. The number of rotatable bonds is 6. The molecule has 6 nitrogen and oxygen atoms in total. The Morgan fingerprint density at radius 3 is 2.64 bits per heavy atom. The minimum absolute atomic E-state index is 0.189. The molecular weight excluding hydrogens is 374 g/mol. The van der Waals surface area contributed by atoms with Crippen LogP contribution in [-0.2, 0) is 28.9 Å². The highest BCUT2D eigenvalue weighted by Crippen LogP contribution is 2.33. The zero-order chi connectivity index (χ0) is 19.9. The molecule has 0 radical (unpaired) electrons. The summed E-state index contributed by atoms with van der Waals surface area (Å²) in [4.78, 5) is 37.9. The molecule has 3 amide bonds. The van der Waals surface area contributed by atoms with Crippen molar-refractivity contribution < 1.29 is 14.4 Å². The van der Waals surface area contributed by atoms with Gasteiger partial charge in [-0.15, -0.1) is 11.3 Å². The van der Waals surface area contributed by atoms with E-state index in [1.807, 2.05) is 36.4 Å². The Hall–Kier alpha value is -2.67. The summed E-state index contributed by atoms with van der Waals surface area (Å²) in [5.41, 5.74) is 6.91. The number of hydrogen-bond acceptors (Lipinski definition) is 4. The molecule has 0 unspecified atom stereocenters. The zero-order valence-electron chi connectivity index (χ0n) is 15.9. The predicted molar refractivity (Wildman–Crippen MR) is 109 cm³/mol.